The Bertz CT molecular complexity index is 776. The highest BCUT2D eigenvalue weighted by Gasteiger charge is 2.14. The molecule has 2 N–H and O–H groups in total. The van der Waals surface area contributed by atoms with Crippen LogP contribution in [0.3, 0.4) is 0 Å². The van der Waals surface area contributed by atoms with Crippen LogP contribution in [0.4, 0.5) is 0 Å². The highest BCUT2D eigenvalue weighted by Crippen LogP contribution is 2.23. The zero-order valence-corrected chi connectivity index (χ0v) is 11.4. The zero-order chi connectivity index (χ0) is 14.2. The van der Waals surface area contributed by atoms with E-state index < -0.39 is 22.8 Å². The van der Waals surface area contributed by atoms with Gasteiger partial charge < -0.3 is 5.11 Å². The number of carbonyl (C=O) groups is 1. The molecule has 0 atom stereocenters. The van der Waals surface area contributed by atoms with E-state index in [1.54, 1.807) is 12.1 Å². The van der Waals surface area contributed by atoms with Gasteiger partial charge in [-0.1, -0.05) is 12.1 Å². The zero-order valence-electron chi connectivity index (χ0n) is 9.81. The Kier molecular flexibility index (Phi) is 3.39. The first kappa shape index (κ1) is 13.3. The molecule has 0 radical (unpaired) electrons. The summed E-state index contributed by atoms with van der Waals surface area (Å²) in [4.78, 5) is 36.0. The minimum atomic E-state index is -1.39. The number of aryl methyl sites for hydroxylation is 1. The van der Waals surface area contributed by atoms with Crippen molar-refractivity contribution in [3.63, 3.8) is 0 Å². The number of rotatable bonds is 2. The van der Waals surface area contributed by atoms with Crippen molar-refractivity contribution in [2.45, 2.75) is 6.92 Å². The summed E-state index contributed by atoms with van der Waals surface area (Å²) < 4.78 is 1.74. The number of hydrogen-bond acceptors (Lipinski definition) is 3. The van der Waals surface area contributed by atoms with Gasteiger partial charge in [0.2, 0.25) is 0 Å². The number of halogens is 1. The highest BCUT2D eigenvalue weighted by atomic mass is 79.9. The molecule has 0 spiro atoms. The van der Waals surface area contributed by atoms with Gasteiger partial charge in [-0.05, 0) is 34.5 Å². The second kappa shape index (κ2) is 4.85. The summed E-state index contributed by atoms with van der Waals surface area (Å²) in [7, 11) is 0. The third-order valence-corrected chi connectivity index (χ3v) is 3.64. The molecule has 1 aromatic carbocycles. The maximum Gasteiger partial charge on any atom is 0.342 e. The van der Waals surface area contributed by atoms with Crippen LogP contribution in [0.15, 0.2) is 38.5 Å². The Balaban J connectivity index is 2.80. The number of aromatic amines is 1. The molecule has 0 aliphatic heterocycles. The fourth-order valence-corrected chi connectivity index (χ4v) is 2.08. The molecule has 1 heterocycles. The Morgan fingerprint density at radius 3 is 2.68 bits per heavy atom. The van der Waals surface area contributed by atoms with Crippen molar-refractivity contribution in [2.24, 2.45) is 0 Å². The average Bonchev–Trinajstić information content (AvgIpc) is 2.33. The standard InChI is InChI=1S/C12H9BrN2O4/c1-6-3-2-4-8(9(6)13)15-5-7(11(17)18)10(16)14-12(15)19/h2-5H,1H3,(H,17,18)(H,14,16,19). The van der Waals surface area contributed by atoms with Gasteiger partial charge in [-0.15, -0.1) is 0 Å². The molecule has 0 bridgehead atoms. The first-order chi connectivity index (χ1) is 8.91. The number of benzene rings is 1. The molecule has 1 aromatic heterocycles. The summed E-state index contributed by atoms with van der Waals surface area (Å²) in [5.41, 5.74) is -0.761. The minimum Gasteiger partial charge on any atom is -0.477 e. The van der Waals surface area contributed by atoms with Crippen molar-refractivity contribution < 1.29 is 9.90 Å². The van der Waals surface area contributed by atoms with Crippen molar-refractivity contribution in [1.29, 1.82) is 0 Å². The minimum absolute atomic E-state index is 0.462. The predicted molar refractivity (Wildman–Crippen MR) is 72.1 cm³/mol. The average molecular weight is 325 g/mol. The summed E-state index contributed by atoms with van der Waals surface area (Å²) in [5, 5.41) is 8.90. The molecular weight excluding hydrogens is 316 g/mol. The van der Waals surface area contributed by atoms with Crippen LogP contribution in [0.5, 0.6) is 0 Å². The molecule has 2 aromatic rings. The van der Waals surface area contributed by atoms with Crippen molar-refractivity contribution >= 4 is 21.9 Å². The number of nitrogens with one attached hydrogen (secondary N) is 1. The van der Waals surface area contributed by atoms with E-state index in [1.807, 2.05) is 18.0 Å². The molecule has 0 saturated heterocycles. The molecule has 7 heteroatoms. The van der Waals surface area contributed by atoms with Crippen molar-refractivity contribution in [3.05, 3.63) is 60.8 Å². The molecule has 19 heavy (non-hydrogen) atoms. The van der Waals surface area contributed by atoms with Gasteiger partial charge in [-0.3, -0.25) is 14.3 Å². The first-order valence-electron chi connectivity index (χ1n) is 5.26. The number of carboxylic acid groups (broad SMARTS) is 1. The summed E-state index contributed by atoms with van der Waals surface area (Å²) >= 11 is 3.33. The number of carboxylic acids is 1. The highest BCUT2D eigenvalue weighted by molar-refractivity contribution is 9.10. The van der Waals surface area contributed by atoms with E-state index in [1.165, 1.54) is 0 Å². The largest absolute Gasteiger partial charge is 0.477 e. The first-order valence-corrected chi connectivity index (χ1v) is 6.06. The molecule has 6 nitrogen and oxygen atoms in total. The Morgan fingerprint density at radius 1 is 1.37 bits per heavy atom. The molecule has 2 rings (SSSR count). The lowest BCUT2D eigenvalue weighted by Crippen LogP contribution is -2.32. The van der Waals surface area contributed by atoms with Crippen LogP contribution >= 0.6 is 15.9 Å². The van der Waals surface area contributed by atoms with Gasteiger partial charge in [-0.25, -0.2) is 9.59 Å². The summed E-state index contributed by atoms with van der Waals surface area (Å²) in [6, 6.07) is 5.21. The van der Waals surface area contributed by atoms with E-state index in [-0.39, 0.29) is 0 Å². The van der Waals surface area contributed by atoms with Gasteiger partial charge in [0.1, 0.15) is 5.56 Å². The van der Waals surface area contributed by atoms with Gasteiger partial charge in [0.05, 0.1) is 5.69 Å². The fraction of sp³-hybridized carbons (Fsp3) is 0.0833. The SMILES string of the molecule is Cc1cccc(-n2cc(C(=O)O)c(=O)[nH]c2=O)c1Br. The van der Waals surface area contributed by atoms with E-state index in [2.05, 4.69) is 15.9 Å². The van der Waals surface area contributed by atoms with Gasteiger partial charge in [0, 0.05) is 10.7 Å². The van der Waals surface area contributed by atoms with E-state index in [0.29, 0.717) is 10.2 Å². The van der Waals surface area contributed by atoms with Crippen LogP contribution in [0.2, 0.25) is 0 Å². The molecule has 0 aliphatic rings. The molecule has 98 valence electrons. The van der Waals surface area contributed by atoms with Crippen molar-refractivity contribution in [2.75, 3.05) is 0 Å². The molecule has 0 unspecified atom stereocenters. The van der Waals surface area contributed by atoms with Gasteiger partial charge in [0.15, 0.2) is 0 Å². The Morgan fingerprint density at radius 2 is 2.05 bits per heavy atom. The van der Waals surface area contributed by atoms with Crippen molar-refractivity contribution in [1.82, 2.24) is 9.55 Å². The van der Waals surface area contributed by atoms with E-state index in [9.17, 15) is 14.4 Å². The second-order valence-corrected chi connectivity index (χ2v) is 4.68. The lowest BCUT2D eigenvalue weighted by Gasteiger charge is -2.09. The summed E-state index contributed by atoms with van der Waals surface area (Å²) in [6.45, 7) is 1.84. The van der Waals surface area contributed by atoms with Crippen LogP contribution in [-0.2, 0) is 0 Å². The van der Waals surface area contributed by atoms with E-state index >= 15 is 0 Å². The Hall–Kier alpha value is -2.15. The van der Waals surface area contributed by atoms with Crippen LogP contribution in [0, 0.1) is 6.92 Å². The molecular formula is C12H9BrN2O4. The smallest absolute Gasteiger partial charge is 0.342 e. The second-order valence-electron chi connectivity index (χ2n) is 3.89. The Labute approximate surface area is 115 Å². The van der Waals surface area contributed by atoms with E-state index in [0.717, 1.165) is 16.3 Å². The molecule has 0 saturated carbocycles. The van der Waals surface area contributed by atoms with Gasteiger partial charge >= 0.3 is 11.7 Å². The lowest BCUT2D eigenvalue weighted by atomic mass is 10.2. The van der Waals surface area contributed by atoms with Gasteiger partial charge in [-0.2, -0.15) is 0 Å². The van der Waals surface area contributed by atoms with Gasteiger partial charge in [0.25, 0.3) is 5.56 Å². The third kappa shape index (κ3) is 2.37. The quantitative estimate of drug-likeness (QED) is 0.870. The number of hydrogen-bond donors (Lipinski definition) is 2. The normalized spacial score (nSPS) is 10.4. The lowest BCUT2D eigenvalue weighted by molar-refractivity contribution is 0.0694. The predicted octanol–water partition coefficient (Wildman–Crippen LogP) is 1.29. The van der Waals surface area contributed by atoms with Crippen LogP contribution in [-0.4, -0.2) is 20.6 Å². The van der Waals surface area contributed by atoms with Crippen LogP contribution in [0.1, 0.15) is 15.9 Å². The molecule has 0 fully saturated rings. The van der Waals surface area contributed by atoms with Crippen LogP contribution in [0.25, 0.3) is 5.69 Å². The number of nitrogens with zero attached hydrogens (tertiary/aromatic N) is 1. The number of H-pyrrole nitrogens is 1. The third-order valence-electron chi connectivity index (χ3n) is 2.60. The molecule has 0 aliphatic carbocycles. The number of aromatic carboxylic acids is 1. The summed E-state index contributed by atoms with van der Waals surface area (Å²) in [6.07, 6.45) is 1.02. The maximum absolute atomic E-state index is 11.8. The fourth-order valence-electron chi connectivity index (χ4n) is 1.62. The maximum atomic E-state index is 11.8. The number of aromatic nitrogens is 2. The monoisotopic (exact) mass is 324 g/mol. The topological polar surface area (TPSA) is 92.2 Å². The summed E-state index contributed by atoms with van der Waals surface area (Å²) in [5.74, 6) is -1.39. The van der Waals surface area contributed by atoms with Crippen LogP contribution < -0.4 is 11.2 Å². The molecule has 0 amide bonds. The van der Waals surface area contributed by atoms with Crippen molar-refractivity contribution in [3.8, 4) is 5.69 Å². The van der Waals surface area contributed by atoms with E-state index in [4.69, 9.17) is 5.11 Å².